The molecule has 0 spiro atoms. The van der Waals surface area contributed by atoms with E-state index in [0.29, 0.717) is 10.2 Å². The number of hydrogen-bond donors (Lipinski definition) is 2. The number of aliphatic carboxylic acids is 2. The monoisotopic (exact) mass is 276 g/mol. The Morgan fingerprint density at radius 3 is 2.20 bits per heavy atom. The minimum absolute atomic E-state index is 0.258. The van der Waals surface area contributed by atoms with Crippen LogP contribution >= 0.6 is 15.9 Å². The first-order valence-corrected chi connectivity index (χ1v) is 4.96. The summed E-state index contributed by atoms with van der Waals surface area (Å²) in [5.74, 6) is -2.36. The predicted octanol–water partition coefficient (Wildman–Crippen LogP) is 2.08. The van der Waals surface area contributed by atoms with E-state index in [0.717, 1.165) is 0 Å². The Kier molecular flexibility index (Phi) is 3.90. The molecule has 0 unspecified atom stereocenters. The molecule has 2 N–H and O–H groups in total. The zero-order chi connectivity index (χ0) is 11.4. The Balaban J connectivity index is 2.80. The number of furan rings is 1. The van der Waals surface area contributed by atoms with Gasteiger partial charge in [-0.1, -0.05) is 0 Å². The second-order valence-electron chi connectivity index (χ2n) is 3.06. The van der Waals surface area contributed by atoms with E-state index in [9.17, 15) is 9.59 Å². The van der Waals surface area contributed by atoms with E-state index in [4.69, 9.17) is 14.6 Å². The normalized spacial score (nSPS) is 10.5. The Morgan fingerprint density at radius 1 is 1.33 bits per heavy atom. The summed E-state index contributed by atoms with van der Waals surface area (Å²) < 4.78 is 5.72. The van der Waals surface area contributed by atoms with E-state index < -0.39 is 17.9 Å². The Morgan fingerprint density at radius 2 is 1.87 bits per heavy atom. The molecule has 15 heavy (non-hydrogen) atoms. The van der Waals surface area contributed by atoms with Gasteiger partial charge in [0, 0.05) is 5.92 Å². The third-order valence-electron chi connectivity index (χ3n) is 1.83. The fraction of sp³-hybridized carbons (Fsp3) is 0.333. The molecular formula is C9H9BrO5. The quantitative estimate of drug-likeness (QED) is 0.860. The fourth-order valence-corrected chi connectivity index (χ4v) is 1.56. The van der Waals surface area contributed by atoms with Gasteiger partial charge in [0.05, 0.1) is 17.3 Å². The average Bonchev–Trinajstić information content (AvgIpc) is 2.48. The van der Waals surface area contributed by atoms with Crippen LogP contribution in [-0.4, -0.2) is 22.2 Å². The minimum Gasteiger partial charge on any atom is -0.481 e. The Hall–Kier alpha value is -1.30. The summed E-state index contributed by atoms with van der Waals surface area (Å²) in [6.07, 6.45) is 0.880. The first-order valence-electron chi connectivity index (χ1n) is 4.16. The van der Waals surface area contributed by atoms with Crippen LogP contribution in [0.1, 0.15) is 24.5 Å². The number of carboxylic acid groups (broad SMARTS) is 2. The molecule has 0 fully saturated rings. The zero-order valence-electron chi connectivity index (χ0n) is 7.64. The molecule has 5 nitrogen and oxygen atoms in total. The van der Waals surface area contributed by atoms with Gasteiger partial charge in [0.1, 0.15) is 12.0 Å². The summed E-state index contributed by atoms with van der Waals surface area (Å²) in [6.45, 7) is 0. The highest BCUT2D eigenvalue weighted by Crippen LogP contribution is 2.27. The van der Waals surface area contributed by atoms with Gasteiger partial charge in [-0.3, -0.25) is 9.59 Å². The van der Waals surface area contributed by atoms with Gasteiger partial charge in [-0.05, 0) is 22.0 Å². The van der Waals surface area contributed by atoms with Crippen molar-refractivity contribution < 1.29 is 24.2 Å². The highest BCUT2D eigenvalue weighted by molar-refractivity contribution is 9.10. The minimum atomic E-state index is -1.05. The van der Waals surface area contributed by atoms with Gasteiger partial charge in [0.15, 0.2) is 0 Å². The van der Waals surface area contributed by atoms with Crippen molar-refractivity contribution in [2.45, 2.75) is 18.8 Å². The van der Waals surface area contributed by atoms with Crippen LogP contribution < -0.4 is 0 Å². The van der Waals surface area contributed by atoms with Gasteiger partial charge in [0.2, 0.25) is 0 Å². The molecule has 1 aromatic heterocycles. The molecule has 0 saturated carbocycles. The van der Waals surface area contributed by atoms with Crippen LogP contribution in [0.2, 0.25) is 0 Å². The highest BCUT2D eigenvalue weighted by atomic mass is 79.9. The number of hydrogen-bond acceptors (Lipinski definition) is 3. The van der Waals surface area contributed by atoms with Crippen LogP contribution in [0.15, 0.2) is 21.2 Å². The summed E-state index contributed by atoms with van der Waals surface area (Å²) in [5.41, 5.74) is 0. The molecule has 82 valence electrons. The zero-order valence-corrected chi connectivity index (χ0v) is 9.23. The molecule has 0 aliphatic heterocycles. The van der Waals surface area contributed by atoms with Gasteiger partial charge < -0.3 is 14.6 Å². The van der Waals surface area contributed by atoms with E-state index in [1.165, 1.54) is 6.26 Å². The van der Waals surface area contributed by atoms with Crippen molar-refractivity contribution in [3.63, 3.8) is 0 Å². The SMILES string of the molecule is O=C(O)CC(CC(=O)O)c1cc(Br)co1. The maximum atomic E-state index is 10.5. The van der Waals surface area contributed by atoms with Crippen molar-refractivity contribution in [3.05, 3.63) is 22.6 Å². The lowest BCUT2D eigenvalue weighted by atomic mass is 9.99. The molecule has 0 amide bonds. The third kappa shape index (κ3) is 3.75. The lowest BCUT2D eigenvalue weighted by molar-refractivity contribution is -0.139. The molecule has 1 aromatic rings. The summed E-state index contributed by atoms with van der Waals surface area (Å²) in [7, 11) is 0. The molecule has 1 rings (SSSR count). The number of carbonyl (C=O) groups is 2. The first-order chi connectivity index (χ1) is 6.99. The van der Waals surface area contributed by atoms with Crippen molar-refractivity contribution in [1.82, 2.24) is 0 Å². The number of halogens is 1. The summed E-state index contributed by atoms with van der Waals surface area (Å²) in [6, 6.07) is 1.58. The molecule has 0 aliphatic carbocycles. The summed E-state index contributed by atoms with van der Waals surface area (Å²) in [4.78, 5) is 21.1. The van der Waals surface area contributed by atoms with Crippen LogP contribution in [0.3, 0.4) is 0 Å². The molecule has 6 heteroatoms. The predicted molar refractivity (Wildman–Crippen MR) is 53.7 cm³/mol. The number of rotatable bonds is 5. The van der Waals surface area contributed by atoms with E-state index in [1.807, 2.05) is 0 Å². The molecule has 0 atom stereocenters. The van der Waals surface area contributed by atoms with Crippen LogP contribution in [-0.2, 0) is 9.59 Å². The maximum absolute atomic E-state index is 10.5. The lowest BCUT2D eigenvalue weighted by Gasteiger charge is -2.08. The standard InChI is InChI=1S/C9H9BrO5/c10-6-3-7(15-4-6)5(1-8(11)12)2-9(13)14/h3-5H,1-2H2,(H,11,12)(H,13,14). The summed E-state index contributed by atoms with van der Waals surface area (Å²) >= 11 is 3.14. The van der Waals surface area contributed by atoms with Gasteiger partial charge in [-0.25, -0.2) is 0 Å². The smallest absolute Gasteiger partial charge is 0.304 e. The third-order valence-corrected chi connectivity index (χ3v) is 2.25. The largest absolute Gasteiger partial charge is 0.481 e. The van der Waals surface area contributed by atoms with Crippen LogP contribution in [0.5, 0.6) is 0 Å². The van der Waals surface area contributed by atoms with Gasteiger partial charge in [-0.2, -0.15) is 0 Å². The van der Waals surface area contributed by atoms with Gasteiger partial charge in [0.25, 0.3) is 0 Å². The summed E-state index contributed by atoms with van der Waals surface area (Å²) in [5, 5.41) is 17.2. The topological polar surface area (TPSA) is 87.7 Å². The fourth-order valence-electron chi connectivity index (χ4n) is 1.24. The Bertz CT molecular complexity index is 354. The Labute approximate surface area is 93.8 Å². The van der Waals surface area contributed by atoms with Crippen LogP contribution in [0, 0.1) is 0 Å². The number of carboxylic acids is 2. The van der Waals surface area contributed by atoms with Crippen molar-refractivity contribution in [2.75, 3.05) is 0 Å². The molecule has 1 heterocycles. The van der Waals surface area contributed by atoms with Crippen molar-refractivity contribution in [1.29, 1.82) is 0 Å². The average molecular weight is 277 g/mol. The first kappa shape index (κ1) is 11.8. The molecule has 0 saturated heterocycles. The van der Waals surface area contributed by atoms with Gasteiger partial charge in [-0.15, -0.1) is 0 Å². The van der Waals surface area contributed by atoms with Crippen LogP contribution in [0.4, 0.5) is 0 Å². The highest BCUT2D eigenvalue weighted by Gasteiger charge is 2.21. The van der Waals surface area contributed by atoms with Crippen molar-refractivity contribution in [3.8, 4) is 0 Å². The lowest BCUT2D eigenvalue weighted by Crippen LogP contribution is -2.10. The molecule has 0 radical (unpaired) electrons. The molecule has 0 bridgehead atoms. The van der Waals surface area contributed by atoms with E-state index in [2.05, 4.69) is 15.9 Å². The molecular weight excluding hydrogens is 268 g/mol. The van der Waals surface area contributed by atoms with Crippen molar-refractivity contribution >= 4 is 27.9 Å². The maximum Gasteiger partial charge on any atom is 0.304 e. The second-order valence-corrected chi connectivity index (χ2v) is 3.98. The van der Waals surface area contributed by atoms with Crippen molar-refractivity contribution in [2.24, 2.45) is 0 Å². The van der Waals surface area contributed by atoms with E-state index in [1.54, 1.807) is 6.07 Å². The van der Waals surface area contributed by atoms with Gasteiger partial charge >= 0.3 is 11.9 Å². The van der Waals surface area contributed by atoms with Crippen LogP contribution in [0.25, 0.3) is 0 Å². The second kappa shape index (κ2) is 4.97. The molecule has 0 aliphatic rings. The molecule has 0 aromatic carbocycles. The van der Waals surface area contributed by atoms with E-state index in [-0.39, 0.29) is 12.8 Å². The van der Waals surface area contributed by atoms with E-state index >= 15 is 0 Å².